The molecule has 5 rings (SSSR count). The summed E-state index contributed by atoms with van der Waals surface area (Å²) in [5.74, 6) is -2.44. The van der Waals surface area contributed by atoms with Gasteiger partial charge in [0.15, 0.2) is 5.82 Å². The van der Waals surface area contributed by atoms with E-state index in [1.54, 1.807) is 29.4 Å². The van der Waals surface area contributed by atoms with Crippen LogP contribution in [0.15, 0.2) is 48.8 Å². The van der Waals surface area contributed by atoms with Crippen LogP contribution in [0.4, 0.5) is 25.1 Å². The molecule has 0 bridgehead atoms. The largest absolute Gasteiger partial charge is 0.349 e. The van der Waals surface area contributed by atoms with Crippen LogP contribution in [0.3, 0.4) is 0 Å². The minimum Gasteiger partial charge on any atom is -0.349 e. The van der Waals surface area contributed by atoms with E-state index in [1.165, 1.54) is 4.90 Å². The van der Waals surface area contributed by atoms with E-state index in [1.807, 2.05) is 24.3 Å². The normalized spacial score (nSPS) is 17.3. The van der Waals surface area contributed by atoms with Gasteiger partial charge in [0.1, 0.15) is 0 Å². The molecule has 0 spiro atoms. The lowest BCUT2D eigenvalue weighted by Crippen LogP contribution is -2.32. The van der Waals surface area contributed by atoms with Crippen LogP contribution >= 0.6 is 0 Å². The van der Waals surface area contributed by atoms with Crippen molar-refractivity contribution in [3.8, 4) is 11.3 Å². The number of carbonyl (C=O) groups is 1. The van der Waals surface area contributed by atoms with Crippen LogP contribution in [0.5, 0.6) is 0 Å². The highest BCUT2D eigenvalue weighted by molar-refractivity contribution is 5.98. The molecule has 2 aromatic heterocycles. The van der Waals surface area contributed by atoms with Crippen molar-refractivity contribution < 1.29 is 13.6 Å². The number of halogens is 2. The van der Waals surface area contributed by atoms with Crippen LogP contribution < -0.4 is 10.2 Å². The lowest BCUT2D eigenvalue weighted by molar-refractivity contribution is 0.0257. The number of H-pyrrole nitrogens is 1. The third kappa shape index (κ3) is 3.36. The quantitative estimate of drug-likeness (QED) is 0.687. The van der Waals surface area contributed by atoms with E-state index in [-0.39, 0.29) is 19.0 Å². The number of nitrogens with one attached hydrogen (secondary N) is 2. The molecule has 2 amide bonds. The number of alkyl halides is 2. The number of amides is 2. The van der Waals surface area contributed by atoms with Crippen molar-refractivity contribution in [2.75, 3.05) is 23.3 Å². The number of pyridine rings is 1. The van der Waals surface area contributed by atoms with Crippen LogP contribution in [0, 0.1) is 0 Å². The first-order chi connectivity index (χ1) is 14.5. The maximum absolute atomic E-state index is 13.9. The number of benzene rings is 1. The van der Waals surface area contributed by atoms with Crippen LogP contribution in [0.2, 0.25) is 0 Å². The Kier molecular flexibility index (Phi) is 4.38. The summed E-state index contributed by atoms with van der Waals surface area (Å²) in [5.41, 5.74) is 3.93. The Balaban J connectivity index is 1.48. The molecule has 0 saturated carbocycles. The molecule has 1 aromatic carbocycles. The maximum atomic E-state index is 13.9. The van der Waals surface area contributed by atoms with Gasteiger partial charge in [0.2, 0.25) is 0 Å². The first-order valence-electron chi connectivity index (χ1n) is 9.74. The Hall–Kier alpha value is -3.49. The van der Waals surface area contributed by atoms with Gasteiger partial charge >= 0.3 is 6.03 Å². The van der Waals surface area contributed by atoms with E-state index in [0.29, 0.717) is 35.9 Å². The first-order valence-corrected chi connectivity index (χ1v) is 9.74. The molecule has 1 fully saturated rings. The Morgan fingerprint density at radius 1 is 1.10 bits per heavy atom. The molecule has 2 N–H and O–H groups in total. The number of aromatic nitrogens is 3. The average Bonchev–Trinajstić information content (AvgIpc) is 3.47. The Labute approximate surface area is 171 Å². The third-order valence-corrected chi connectivity index (χ3v) is 5.55. The summed E-state index contributed by atoms with van der Waals surface area (Å²) in [5, 5.41) is 9.79. The van der Waals surface area contributed by atoms with Crippen molar-refractivity contribution >= 4 is 17.5 Å². The molecule has 30 heavy (non-hydrogen) atoms. The van der Waals surface area contributed by atoms with Gasteiger partial charge in [-0.05, 0) is 23.3 Å². The van der Waals surface area contributed by atoms with E-state index in [4.69, 9.17) is 0 Å². The number of hydrogen-bond donors (Lipinski definition) is 2. The number of nitrogens with zero attached hydrogens (tertiary/aromatic N) is 4. The van der Waals surface area contributed by atoms with E-state index >= 15 is 0 Å². The minimum atomic E-state index is -2.77. The van der Waals surface area contributed by atoms with Gasteiger partial charge in [-0.25, -0.2) is 18.6 Å². The minimum absolute atomic E-state index is 0.171. The van der Waals surface area contributed by atoms with Crippen molar-refractivity contribution in [2.45, 2.75) is 25.4 Å². The number of fused-ring (bicyclic) bond motifs is 1. The first kappa shape index (κ1) is 18.5. The second kappa shape index (κ2) is 7.08. The van der Waals surface area contributed by atoms with Gasteiger partial charge in [-0.3, -0.25) is 5.10 Å². The zero-order valence-electron chi connectivity index (χ0n) is 16.1. The third-order valence-electron chi connectivity index (χ3n) is 5.55. The van der Waals surface area contributed by atoms with Crippen molar-refractivity contribution in [3.05, 3.63) is 59.9 Å². The smallest absolute Gasteiger partial charge is 0.322 e. The molecule has 0 unspecified atom stereocenters. The standard InChI is InChI=1S/C21H20F2N6O/c22-21(23)7-10-28(13-21)19-18(16(5-8-24-19)17-6-9-25-27-17)26-20(30)29-11-14-3-1-2-4-15(14)12-29/h1-6,8-9H,7,10-13H2,(H,25,27)(H,26,30). The molecule has 0 radical (unpaired) electrons. The molecule has 3 aromatic rings. The van der Waals surface area contributed by atoms with Crippen molar-refractivity contribution in [3.63, 3.8) is 0 Å². The average molecular weight is 410 g/mol. The fraction of sp³-hybridized carbons (Fsp3) is 0.286. The van der Waals surface area contributed by atoms with Crippen LogP contribution in [-0.2, 0) is 13.1 Å². The lowest BCUT2D eigenvalue weighted by Gasteiger charge is -2.24. The Bertz CT molecular complexity index is 1060. The summed E-state index contributed by atoms with van der Waals surface area (Å²) in [6.07, 6.45) is 2.92. The number of carbonyl (C=O) groups excluding carboxylic acids is 1. The van der Waals surface area contributed by atoms with Gasteiger partial charge in [-0.15, -0.1) is 0 Å². The predicted octanol–water partition coefficient (Wildman–Crippen LogP) is 3.86. The van der Waals surface area contributed by atoms with Gasteiger partial charge in [-0.1, -0.05) is 24.3 Å². The monoisotopic (exact) mass is 410 g/mol. The van der Waals surface area contributed by atoms with Gasteiger partial charge in [0.25, 0.3) is 5.92 Å². The topological polar surface area (TPSA) is 77.1 Å². The summed E-state index contributed by atoms with van der Waals surface area (Å²) in [7, 11) is 0. The number of anilines is 2. The summed E-state index contributed by atoms with van der Waals surface area (Å²) in [6, 6.07) is 11.1. The fourth-order valence-electron chi connectivity index (χ4n) is 4.02. The molecule has 9 heteroatoms. The number of aromatic amines is 1. The van der Waals surface area contributed by atoms with E-state index < -0.39 is 12.5 Å². The second-order valence-electron chi connectivity index (χ2n) is 7.61. The number of rotatable bonds is 3. The summed E-state index contributed by atoms with van der Waals surface area (Å²) in [4.78, 5) is 20.6. The molecule has 4 heterocycles. The van der Waals surface area contributed by atoms with E-state index in [9.17, 15) is 13.6 Å². The summed E-state index contributed by atoms with van der Waals surface area (Å²) < 4.78 is 27.7. The highest BCUT2D eigenvalue weighted by Crippen LogP contribution is 2.38. The maximum Gasteiger partial charge on any atom is 0.322 e. The van der Waals surface area contributed by atoms with E-state index in [2.05, 4.69) is 20.5 Å². The summed E-state index contributed by atoms with van der Waals surface area (Å²) >= 11 is 0. The zero-order chi connectivity index (χ0) is 20.7. The molecule has 0 atom stereocenters. The van der Waals surface area contributed by atoms with Gasteiger partial charge in [0.05, 0.1) is 17.9 Å². The molecule has 2 aliphatic rings. The van der Waals surface area contributed by atoms with Gasteiger partial charge in [-0.2, -0.15) is 5.10 Å². The molecule has 154 valence electrons. The zero-order valence-corrected chi connectivity index (χ0v) is 16.1. The van der Waals surface area contributed by atoms with E-state index in [0.717, 1.165) is 11.1 Å². The molecule has 0 aliphatic carbocycles. The van der Waals surface area contributed by atoms with Crippen LogP contribution in [0.1, 0.15) is 17.5 Å². The molecular formula is C21H20F2N6O. The van der Waals surface area contributed by atoms with Crippen LogP contribution in [-0.4, -0.2) is 45.1 Å². The number of hydrogen-bond acceptors (Lipinski definition) is 4. The van der Waals surface area contributed by atoms with Crippen molar-refractivity contribution in [2.24, 2.45) is 0 Å². The Morgan fingerprint density at radius 2 is 1.87 bits per heavy atom. The molecule has 1 saturated heterocycles. The number of urea groups is 1. The highest BCUT2D eigenvalue weighted by Gasteiger charge is 2.40. The SMILES string of the molecule is O=C(Nc1c(-c2ccn[nH]2)ccnc1N1CCC(F)(F)C1)N1Cc2ccccc2C1. The fourth-order valence-corrected chi connectivity index (χ4v) is 4.02. The van der Waals surface area contributed by atoms with Crippen molar-refractivity contribution in [1.82, 2.24) is 20.1 Å². The predicted molar refractivity (Wildman–Crippen MR) is 108 cm³/mol. The second-order valence-corrected chi connectivity index (χ2v) is 7.61. The van der Waals surface area contributed by atoms with Crippen molar-refractivity contribution in [1.29, 1.82) is 0 Å². The summed E-state index contributed by atoms with van der Waals surface area (Å²) in [6.45, 7) is 0.743. The molecular weight excluding hydrogens is 390 g/mol. The molecule has 2 aliphatic heterocycles. The Morgan fingerprint density at radius 3 is 2.50 bits per heavy atom. The molecule has 7 nitrogen and oxygen atoms in total. The lowest BCUT2D eigenvalue weighted by atomic mass is 10.1. The highest BCUT2D eigenvalue weighted by atomic mass is 19.3. The van der Waals surface area contributed by atoms with Gasteiger partial charge < -0.3 is 15.1 Å². The van der Waals surface area contributed by atoms with Gasteiger partial charge in [0, 0.05) is 44.0 Å². The van der Waals surface area contributed by atoms with Crippen LogP contribution in [0.25, 0.3) is 11.3 Å².